The summed E-state index contributed by atoms with van der Waals surface area (Å²) in [6.07, 6.45) is 0. The molecule has 3 aromatic rings. The highest BCUT2D eigenvalue weighted by Gasteiger charge is 2.19. The predicted molar refractivity (Wildman–Crippen MR) is 124 cm³/mol. The van der Waals surface area contributed by atoms with Gasteiger partial charge in [-0.05, 0) is 44.9 Å². The normalized spacial score (nSPS) is 11.8. The van der Waals surface area contributed by atoms with Crippen LogP contribution in [0.5, 0.6) is 11.5 Å². The number of ether oxygens (including phenoxy) is 1. The third kappa shape index (κ3) is 5.26. The molecular weight excluding hydrogens is 432 g/mol. The smallest absolute Gasteiger partial charge is 0.275 e. The number of nitrogens with one attached hydrogen (secondary N) is 1. The van der Waals surface area contributed by atoms with E-state index in [1.165, 1.54) is 12.1 Å². The van der Waals surface area contributed by atoms with Crippen LogP contribution in [-0.2, 0) is 11.3 Å². The summed E-state index contributed by atoms with van der Waals surface area (Å²) in [4.78, 5) is 23.7. The fourth-order valence-corrected chi connectivity index (χ4v) is 3.36. The molecule has 3 rings (SSSR count). The number of hydrogen-bond acceptors (Lipinski definition) is 5. The second kappa shape index (κ2) is 9.40. The Hall–Kier alpha value is -3.39. The van der Waals surface area contributed by atoms with Crippen molar-refractivity contribution in [3.05, 3.63) is 74.0 Å². The minimum atomic E-state index is -0.521. The van der Waals surface area contributed by atoms with E-state index in [1.807, 2.05) is 39.0 Å². The molecule has 1 aromatic heterocycles. The summed E-state index contributed by atoms with van der Waals surface area (Å²) in [7, 11) is 0. The summed E-state index contributed by atoms with van der Waals surface area (Å²) >= 11 is 6.18. The molecule has 0 saturated carbocycles. The summed E-state index contributed by atoms with van der Waals surface area (Å²) in [6.45, 7) is 9.54. The molecule has 1 heterocycles. The first-order valence-electron chi connectivity index (χ1n) is 10.1. The second-order valence-corrected chi connectivity index (χ2v) is 8.28. The molecule has 0 spiro atoms. The molecule has 0 saturated heterocycles. The molecule has 32 heavy (non-hydrogen) atoms. The maximum absolute atomic E-state index is 12.8. The maximum Gasteiger partial charge on any atom is 0.275 e. The van der Waals surface area contributed by atoms with Crippen LogP contribution in [0.15, 0.2) is 36.4 Å². The predicted octanol–water partition coefficient (Wildman–Crippen LogP) is 5.75. The van der Waals surface area contributed by atoms with Gasteiger partial charge in [0.2, 0.25) is 5.91 Å². The van der Waals surface area contributed by atoms with E-state index >= 15 is 0 Å². The van der Waals surface area contributed by atoms with Gasteiger partial charge >= 0.3 is 0 Å². The molecule has 0 radical (unpaired) electrons. The standard InChI is InChI=1S/C23H25ClN4O4/c1-13-6-7-14(2)21(8-13)32-20-10-18(9-19(11-20)28(30)31)25-23(29)15(3)12-27-17(5)22(24)16(4)26-27/h6-11,15H,12H2,1-5H3,(H,25,29). The minimum absolute atomic E-state index is 0.180. The Morgan fingerprint density at radius 2 is 1.94 bits per heavy atom. The van der Waals surface area contributed by atoms with E-state index in [0.717, 1.165) is 16.8 Å². The Balaban J connectivity index is 1.81. The number of aromatic nitrogens is 2. The van der Waals surface area contributed by atoms with Crippen LogP contribution in [0.25, 0.3) is 0 Å². The van der Waals surface area contributed by atoms with Crippen LogP contribution in [0, 0.1) is 43.7 Å². The number of hydrogen-bond donors (Lipinski definition) is 1. The number of carbonyl (C=O) groups excluding carboxylic acids is 1. The Kier molecular flexibility index (Phi) is 6.84. The summed E-state index contributed by atoms with van der Waals surface area (Å²) in [6, 6.07) is 9.93. The number of nitrogens with zero attached hydrogens (tertiary/aromatic N) is 3. The number of halogens is 1. The average molecular weight is 457 g/mol. The maximum atomic E-state index is 12.8. The van der Waals surface area contributed by atoms with Gasteiger partial charge in [-0.3, -0.25) is 19.6 Å². The fraction of sp³-hybridized carbons (Fsp3) is 0.304. The molecule has 0 aliphatic carbocycles. The largest absolute Gasteiger partial charge is 0.457 e. The summed E-state index contributed by atoms with van der Waals surface area (Å²) in [5.74, 6) is 0.109. The van der Waals surface area contributed by atoms with Crippen molar-refractivity contribution in [1.82, 2.24) is 9.78 Å². The highest BCUT2D eigenvalue weighted by molar-refractivity contribution is 6.31. The van der Waals surface area contributed by atoms with Gasteiger partial charge in [-0.25, -0.2) is 0 Å². The highest BCUT2D eigenvalue weighted by Crippen LogP contribution is 2.32. The van der Waals surface area contributed by atoms with E-state index in [0.29, 0.717) is 23.0 Å². The van der Waals surface area contributed by atoms with Gasteiger partial charge in [-0.2, -0.15) is 5.10 Å². The number of amides is 1. The summed E-state index contributed by atoms with van der Waals surface area (Å²) in [5.41, 5.74) is 3.48. The number of carbonyl (C=O) groups is 1. The molecule has 1 unspecified atom stereocenters. The van der Waals surface area contributed by atoms with Crippen molar-refractivity contribution in [2.75, 3.05) is 5.32 Å². The molecular formula is C23H25ClN4O4. The summed E-state index contributed by atoms with van der Waals surface area (Å²) < 4.78 is 7.59. The first kappa shape index (κ1) is 23.3. The van der Waals surface area contributed by atoms with E-state index in [4.69, 9.17) is 16.3 Å². The zero-order valence-corrected chi connectivity index (χ0v) is 19.4. The van der Waals surface area contributed by atoms with Crippen molar-refractivity contribution >= 4 is 28.9 Å². The minimum Gasteiger partial charge on any atom is -0.457 e. The molecule has 0 aliphatic heterocycles. The fourth-order valence-electron chi connectivity index (χ4n) is 3.22. The third-order valence-corrected chi connectivity index (χ3v) is 5.68. The van der Waals surface area contributed by atoms with Gasteiger partial charge in [0.25, 0.3) is 5.69 Å². The Bertz CT molecular complexity index is 1190. The van der Waals surface area contributed by atoms with Gasteiger partial charge in [0.05, 0.1) is 45.6 Å². The van der Waals surface area contributed by atoms with Crippen LogP contribution in [0.1, 0.15) is 29.4 Å². The van der Waals surface area contributed by atoms with Crippen molar-refractivity contribution < 1.29 is 14.5 Å². The Labute approximate surface area is 191 Å². The van der Waals surface area contributed by atoms with Gasteiger partial charge in [-0.1, -0.05) is 30.7 Å². The van der Waals surface area contributed by atoms with Gasteiger partial charge in [0.1, 0.15) is 11.5 Å². The molecule has 2 aromatic carbocycles. The Morgan fingerprint density at radius 3 is 2.56 bits per heavy atom. The molecule has 1 amide bonds. The lowest BCUT2D eigenvalue weighted by molar-refractivity contribution is -0.384. The van der Waals surface area contributed by atoms with Crippen LogP contribution < -0.4 is 10.1 Å². The van der Waals surface area contributed by atoms with E-state index in [9.17, 15) is 14.9 Å². The zero-order chi connectivity index (χ0) is 23.6. The van der Waals surface area contributed by atoms with Crippen LogP contribution >= 0.6 is 11.6 Å². The van der Waals surface area contributed by atoms with E-state index in [-0.39, 0.29) is 23.0 Å². The number of rotatable bonds is 7. The van der Waals surface area contributed by atoms with E-state index in [2.05, 4.69) is 10.4 Å². The second-order valence-electron chi connectivity index (χ2n) is 7.90. The molecule has 168 valence electrons. The van der Waals surface area contributed by atoms with Crippen molar-refractivity contribution in [3.63, 3.8) is 0 Å². The highest BCUT2D eigenvalue weighted by atomic mass is 35.5. The lowest BCUT2D eigenvalue weighted by atomic mass is 10.1. The molecule has 8 nitrogen and oxygen atoms in total. The molecule has 9 heteroatoms. The molecule has 0 aliphatic rings. The molecule has 1 atom stereocenters. The number of non-ortho nitro benzene ring substituents is 1. The quantitative estimate of drug-likeness (QED) is 0.360. The zero-order valence-electron chi connectivity index (χ0n) is 18.6. The SMILES string of the molecule is Cc1ccc(C)c(Oc2cc(NC(=O)C(C)Cn3nc(C)c(Cl)c3C)cc([N+](=O)[O-])c2)c1. The van der Waals surface area contributed by atoms with Crippen molar-refractivity contribution in [2.24, 2.45) is 5.92 Å². The number of nitro groups is 1. The first-order valence-corrected chi connectivity index (χ1v) is 10.5. The summed E-state index contributed by atoms with van der Waals surface area (Å²) in [5, 5.41) is 19.1. The molecule has 0 fully saturated rings. The van der Waals surface area contributed by atoms with E-state index in [1.54, 1.807) is 24.6 Å². The monoisotopic (exact) mass is 456 g/mol. The molecule has 1 N–H and O–H groups in total. The van der Waals surface area contributed by atoms with Crippen LogP contribution in [-0.4, -0.2) is 20.6 Å². The van der Waals surface area contributed by atoms with Crippen molar-refractivity contribution in [2.45, 2.75) is 41.2 Å². The van der Waals surface area contributed by atoms with Crippen molar-refractivity contribution in [1.29, 1.82) is 0 Å². The lowest BCUT2D eigenvalue weighted by Gasteiger charge is -2.15. The third-order valence-electron chi connectivity index (χ3n) is 5.13. The number of benzene rings is 2. The van der Waals surface area contributed by atoms with Gasteiger partial charge in [-0.15, -0.1) is 0 Å². The van der Waals surface area contributed by atoms with Gasteiger partial charge in [0, 0.05) is 12.1 Å². The van der Waals surface area contributed by atoms with Gasteiger partial charge in [0.15, 0.2) is 0 Å². The lowest BCUT2D eigenvalue weighted by Crippen LogP contribution is -2.25. The first-order chi connectivity index (χ1) is 15.0. The van der Waals surface area contributed by atoms with Crippen LogP contribution in [0.3, 0.4) is 0 Å². The van der Waals surface area contributed by atoms with Crippen LogP contribution in [0.4, 0.5) is 11.4 Å². The van der Waals surface area contributed by atoms with Crippen molar-refractivity contribution in [3.8, 4) is 11.5 Å². The number of nitro benzene ring substituents is 1. The van der Waals surface area contributed by atoms with E-state index < -0.39 is 10.8 Å². The Morgan fingerprint density at radius 1 is 1.22 bits per heavy atom. The number of aryl methyl sites for hydroxylation is 3. The average Bonchev–Trinajstić information content (AvgIpc) is 2.97. The van der Waals surface area contributed by atoms with Crippen LogP contribution in [0.2, 0.25) is 5.02 Å². The van der Waals surface area contributed by atoms with Gasteiger partial charge < -0.3 is 10.1 Å². The topological polar surface area (TPSA) is 99.3 Å². The number of anilines is 1. The molecule has 0 bridgehead atoms.